The standard InChI is InChI=1S/C17H20N2O4/c1-12(20)18-7-9-19(10-8-18)17(21)16-14(11-22-2)13-5-3-4-6-15(13)23-16/h3-6H,7-11H2,1-2H3. The molecule has 122 valence electrons. The zero-order valence-electron chi connectivity index (χ0n) is 13.4. The van der Waals surface area contributed by atoms with E-state index in [0.29, 0.717) is 44.1 Å². The number of para-hydroxylation sites is 1. The maximum Gasteiger partial charge on any atom is 0.290 e. The molecule has 1 saturated heterocycles. The summed E-state index contributed by atoms with van der Waals surface area (Å²) < 4.78 is 11.0. The van der Waals surface area contributed by atoms with Crippen molar-refractivity contribution in [3.05, 3.63) is 35.6 Å². The molecule has 2 aromatic rings. The van der Waals surface area contributed by atoms with Gasteiger partial charge >= 0.3 is 0 Å². The number of methoxy groups -OCH3 is 1. The van der Waals surface area contributed by atoms with Gasteiger partial charge in [-0.05, 0) is 6.07 Å². The average Bonchev–Trinajstić information content (AvgIpc) is 2.93. The topological polar surface area (TPSA) is 63.0 Å². The van der Waals surface area contributed by atoms with Gasteiger partial charge in [-0.15, -0.1) is 0 Å². The van der Waals surface area contributed by atoms with Crippen molar-refractivity contribution in [1.82, 2.24) is 9.80 Å². The fourth-order valence-corrected chi connectivity index (χ4v) is 2.93. The average molecular weight is 316 g/mol. The van der Waals surface area contributed by atoms with Gasteiger partial charge in [-0.25, -0.2) is 0 Å². The van der Waals surface area contributed by atoms with E-state index in [1.165, 1.54) is 0 Å². The Morgan fingerprint density at radius 3 is 2.43 bits per heavy atom. The van der Waals surface area contributed by atoms with Crippen molar-refractivity contribution in [2.24, 2.45) is 0 Å². The maximum absolute atomic E-state index is 12.8. The number of amides is 2. The Hall–Kier alpha value is -2.34. The van der Waals surface area contributed by atoms with Crippen molar-refractivity contribution < 1.29 is 18.7 Å². The number of hydrogen-bond donors (Lipinski definition) is 0. The highest BCUT2D eigenvalue weighted by molar-refractivity contribution is 5.99. The molecule has 0 radical (unpaired) electrons. The Morgan fingerprint density at radius 2 is 1.78 bits per heavy atom. The van der Waals surface area contributed by atoms with Crippen LogP contribution in [0.2, 0.25) is 0 Å². The minimum Gasteiger partial charge on any atom is -0.451 e. The molecule has 1 aromatic carbocycles. The van der Waals surface area contributed by atoms with Gasteiger partial charge in [-0.2, -0.15) is 0 Å². The molecule has 1 aliphatic rings. The molecule has 0 unspecified atom stereocenters. The highest BCUT2D eigenvalue weighted by atomic mass is 16.5. The van der Waals surface area contributed by atoms with Crippen molar-refractivity contribution in [3.63, 3.8) is 0 Å². The van der Waals surface area contributed by atoms with Gasteiger partial charge in [-0.1, -0.05) is 18.2 Å². The Balaban J connectivity index is 1.86. The first-order valence-corrected chi connectivity index (χ1v) is 7.66. The van der Waals surface area contributed by atoms with Gasteiger partial charge in [0.25, 0.3) is 5.91 Å². The van der Waals surface area contributed by atoms with Crippen LogP contribution in [0.1, 0.15) is 23.0 Å². The molecule has 0 saturated carbocycles. The van der Waals surface area contributed by atoms with Gasteiger partial charge in [0, 0.05) is 51.2 Å². The molecule has 0 N–H and O–H groups in total. The predicted molar refractivity (Wildman–Crippen MR) is 85.1 cm³/mol. The quantitative estimate of drug-likeness (QED) is 0.867. The molecule has 1 aliphatic heterocycles. The van der Waals surface area contributed by atoms with Crippen LogP contribution < -0.4 is 0 Å². The molecule has 0 atom stereocenters. The maximum atomic E-state index is 12.8. The summed E-state index contributed by atoms with van der Waals surface area (Å²) >= 11 is 0. The largest absolute Gasteiger partial charge is 0.451 e. The second-order valence-corrected chi connectivity index (χ2v) is 5.64. The predicted octanol–water partition coefficient (Wildman–Crippen LogP) is 1.88. The monoisotopic (exact) mass is 316 g/mol. The highest BCUT2D eigenvalue weighted by Crippen LogP contribution is 2.27. The second-order valence-electron chi connectivity index (χ2n) is 5.64. The van der Waals surface area contributed by atoms with Crippen molar-refractivity contribution in [2.45, 2.75) is 13.5 Å². The number of hydrogen-bond acceptors (Lipinski definition) is 4. The smallest absolute Gasteiger partial charge is 0.290 e. The molecule has 1 aromatic heterocycles. The summed E-state index contributed by atoms with van der Waals surface area (Å²) in [5.41, 5.74) is 1.47. The van der Waals surface area contributed by atoms with Crippen LogP contribution in [0, 0.1) is 0 Å². The first kappa shape index (κ1) is 15.6. The number of carbonyl (C=O) groups excluding carboxylic acids is 2. The van der Waals surface area contributed by atoms with Gasteiger partial charge in [0.05, 0.1) is 6.61 Å². The van der Waals surface area contributed by atoms with E-state index in [-0.39, 0.29) is 11.8 Å². The van der Waals surface area contributed by atoms with E-state index < -0.39 is 0 Å². The Bertz CT molecular complexity index is 729. The van der Waals surface area contributed by atoms with Gasteiger partial charge in [0.1, 0.15) is 5.58 Å². The van der Waals surface area contributed by atoms with Gasteiger partial charge in [-0.3, -0.25) is 9.59 Å². The summed E-state index contributed by atoms with van der Waals surface area (Å²) in [6.07, 6.45) is 0. The van der Waals surface area contributed by atoms with Crippen LogP contribution in [0.5, 0.6) is 0 Å². The summed E-state index contributed by atoms with van der Waals surface area (Å²) in [6, 6.07) is 7.57. The molecule has 0 bridgehead atoms. The minimum absolute atomic E-state index is 0.0425. The SMILES string of the molecule is COCc1c(C(=O)N2CCN(C(C)=O)CC2)oc2ccccc12. The third-order valence-electron chi connectivity index (χ3n) is 4.19. The van der Waals surface area contributed by atoms with E-state index in [4.69, 9.17) is 9.15 Å². The molecular formula is C17H20N2O4. The molecule has 23 heavy (non-hydrogen) atoms. The number of carbonyl (C=O) groups is 2. The number of ether oxygens (including phenoxy) is 1. The van der Waals surface area contributed by atoms with Crippen LogP contribution in [-0.2, 0) is 16.1 Å². The van der Waals surface area contributed by atoms with E-state index in [0.717, 1.165) is 10.9 Å². The summed E-state index contributed by atoms with van der Waals surface area (Å²) in [6.45, 7) is 4.02. The van der Waals surface area contributed by atoms with Crippen LogP contribution in [0.25, 0.3) is 11.0 Å². The lowest BCUT2D eigenvalue weighted by Gasteiger charge is -2.33. The highest BCUT2D eigenvalue weighted by Gasteiger charge is 2.28. The Labute approximate surface area is 134 Å². The van der Waals surface area contributed by atoms with E-state index in [1.54, 1.807) is 23.8 Å². The van der Waals surface area contributed by atoms with Gasteiger partial charge in [0.2, 0.25) is 5.91 Å². The summed E-state index contributed by atoms with van der Waals surface area (Å²) in [5, 5.41) is 0.903. The molecule has 1 fully saturated rings. The number of nitrogens with zero attached hydrogens (tertiary/aromatic N) is 2. The molecule has 2 heterocycles. The second kappa shape index (κ2) is 6.42. The molecule has 0 spiro atoms. The Kier molecular flexibility index (Phi) is 4.34. The summed E-state index contributed by atoms with van der Waals surface area (Å²) in [7, 11) is 1.60. The molecule has 3 rings (SSSR count). The molecule has 0 aliphatic carbocycles. The van der Waals surface area contributed by atoms with Crippen LogP contribution in [-0.4, -0.2) is 54.9 Å². The molecule has 6 heteroatoms. The minimum atomic E-state index is -0.142. The lowest BCUT2D eigenvalue weighted by atomic mass is 10.1. The van der Waals surface area contributed by atoms with Crippen molar-refractivity contribution in [1.29, 1.82) is 0 Å². The van der Waals surface area contributed by atoms with Crippen molar-refractivity contribution >= 4 is 22.8 Å². The van der Waals surface area contributed by atoms with E-state index in [1.807, 2.05) is 24.3 Å². The van der Waals surface area contributed by atoms with Crippen molar-refractivity contribution in [2.75, 3.05) is 33.3 Å². The van der Waals surface area contributed by atoms with Crippen molar-refractivity contribution in [3.8, 4) is 0 Å². The van der Waals surface area contributed by atoms with Gasteiger partial charge in [0.15, 0.2) is 5.76 Å². The summed E-state index contributed by atoms with van der Waals surface area (Å²) in [5.74, 6) is 0.238. The fourth-order valence-electron chi connectivity index (χ4n) is 2.93. The number of benzene rings is 1. The molecular weight excluding hydrogens is 296 g/mol. The van der Waals surface area contributed by atoms with Gasteiger partial charge < -0.3 is 19.0 Å². The normalized spacial score (nSPS) is 15.2. The summed E-state index contributed by atoms with van der Waals surface area (Å²) in [4.78, 5) is 27.7. The van der Waals surface area contributed by atoms with E-state index >= 15 is 0 Å². The van der Waals surface area contributed by atoms with Crippen LogP contribution in [0.3, 0.4) is 0 Å². The fraction of sp³-hybridized carbons (Fsp3) is 0.412. The molecule has 6 nitrogen and oxygen atoms in total. The lowest BCUT2D eigenvalue weighted by Crippen LogP contribution is -2.50. The van der Waals surface area contributed by atoms with Crippen LogP contribution >= 0.6 is 0 Å². The zero-order chi connectivity index (χ0) is 16.4. The van der Waals surface area contributed by atoms with E-state index in [2.05, 4.69) is 0 Å². The van der Waals surface area contributed by atoms with E-state index in [9.17, 15) is 9.59 Å². The number of furan rings is 1. The first-order valence-electron chi connectivity index (χ1n) is 7.66. The third-order valence-corrected chi connectivity index (χ3v) is 4.19. The third kappa shape index (κ3) is 2.94. The first-order chi connectivity index (χ1) is 11.1. The lowest BCUT2D eigenvalue weighted by molar-refractivity contribution is -0.130. The molecule has 2 amide bonds. The number of fused-ring (bicyclic) bond motifs is 1. The van der Waals surface area contributed by atoms with Crippen LogP contribution in [0.15, 0.2) is 28.7 Å². The Morgan fingerprint density at radius 1 is 1.13 bits per heavy atom. The number of piperazine rings is 1. The number of rotatable bonds is 3. The zero-order valence-corrected chi connectivity index (χ0v) is 13.4. The van der Waals surface area contributed by atoms with Crippen LogP contribution in [0.4, 0.5) is 0 Å².